The molecule has 104 valence electrons. The molecular weight excluding hydrogens is 290 g/mol. The van der Waals surface area contributed by atoms with E-state index in [1.807, 2.05) is 36.8 Å². The van der Waals surface area contributed by atoms with Gasteiger partial charge in [-0.15, -0.1) is 11.8 Å². The summed E-state index contributed by atoms with van der Waals surface area (Å²) in [7, 11) is 0. The molecule has 0 spiro atoms. The molecule has 1 aromatic carbocycles. The lowest BCUT2D eigenvalue weighted by Gasteiger charge is -2.07. The number of amides is 1. The Hall–Kier alpha value is -1.53. The minimum absolute atomic E-state index is 0.0967. The number of nitrogens with one attached hydrogen (secondary N) is 1. The van der Waals surface area contributed by atoms with Crippen LogP contribution in [0.3, 0.4) is 0 Å². The van der Waals surface area contributed by atoms with Gasteiger partial charge in [-0.3, -0.25) is 4.79 Å². The molecular formula is C14H15N3OS2. The van der Waals surface area contributed by atoms with Crippen molar-refractivity contribution in [1.82, 2.24) is 15.3 Å². The molecule has 1 amide bonds. The second-order valence-electron chi connectivity index (χ2n) is 3.94. The van der Waals surface area contributed by atoms with Crippen LogP contribution in [0.4, 0.5) is 0 Å². The van der Waals surface area contributed by atoms with Crippen LogP contribution in [-0.2, 0) is 6.54 Å². The summed E-state index contributed by atoms with van der Waals surface area (Å²) < 4.78 is 0. The van der Waals surface area contributed by atoms with Crippen molar-refractivity contribution in [3.05, 3.63) is 47.7 Å². The summed E-state index contributed by atoms with van der Waals surface area (Å²) in [5.41, 5.74) is 1.47. The molecule has 0 aliphatic rings. The molecule has 0 atom stereocenters. The zero-order valence-electron chi connectivity index (χ0n) is 11.3. The second-order valence-corrected chi connectivity index (χ2v) is 5.54. The Morgan fingerprint density at radius 3 is 2.55 bits per heavy atom. The second kappa shape index (κ2) is 7.31. The third-order valence-corrected chi connectivity index (χ3v) is 3.77. The molecule has 4 nitrogen and oxygen atoms in total. The Morgan fingerprint density at radius 2 is 1.90 bits per heavy atom. The molecule has 0 aliphatic carbocycles. The van der Waals surface area contributed by atoms with E-state index in [9.17, 15) is 4.79 Å². The lowest BCUT2D eigenvalue weighted by atomic mass is 10.2. The fourth-order valence-corrected chi connectivity index (χ4v) is 2.49. The first-order valence-corrected chi connectivity index (χ1v) is 8.47. The van der Waals surface area contributed by atoms with E-state index in [-0.39, 0.29) is 5.91 Å². The van der Waals surface area contributed by atoms with E-state index in [0.717, 1.165) is 15.9 Å². The van der Waals surface area contributed by atoms with Crippen LogP contribution in [0.15, 0.2) is 46.6 Å². The van der Waals surface area contributed by atoms with E-state index in [1.165, 1.54) is 11.8 Å². The SMILES string of the molecule is CSc1cc(CNC(=O)c2ccccc2)nc(SC)n1. The number of hydrogen-bond acceptors (Lipinski definition) is 5. The summed E-state index contributed by atoms with van der Waals surface area (Å²) >= 11 is 3.06. The Morgan fingerprint density at radius 1 is 1.15 bits per heavy atom. The van der Waals surface area contributed by atoms with Crippen LogP contribution in [0, 0.1) is 0 Å². The first-order valence-electron chi connectivity index (χ1n) is 6.02. The fourth-order valence-electron chi connectivity index (χ4n) is 1.60. The average molecular weight is 305 g/mol. The summed E-state index contributed by atoms with van der Waals surface area (Å²) in [6.45, 7) is 0.400. The molecule has 0 saturated carbocycles. The molecule has 2 rings (SSSR count). The third kappa shape index (κ3) is 3.98. The zero-order chi connectivity index (χ0) is 14.4. The summed E-state index contributed by atoms with van der Waals surface area (Å²) in [4.78, 5) is 20.7. The first-order chi connectivity index (χ1) is 9.72. The van der Waals surface area contributed by atoms with Gasteiger partial charge in [0.15, 0.2) is 5.16 Å². The van der Waals surface area contributed by atoms with E-state index in [2.05, 4.69) is 15.3 Å². The maximum absolute atomic E-state index is 12.0. The van der Waals surface area contributed by atoms with Gasteiger partial charge in [-0.1, -0.05) is 30.0 Å². The molecule has 0 unspecified atom stereocenters. The zero-order valence-corrected chi connectivity index (χ0v) is 12.9. The third-order valence-electron chi connectivity index (χ3n) is 2.59. The van der Waals surface area contributed by atoms with Gasteiger partial charge in [0.1, 0.15) is 5.03 Å². The quantitative estimate of drug-likeness (QED) is 0.523. The van der Waals surface area contributed by atoms with Gasteiger partial charge in [0, 0.05) is 5.56 Å². The molecule has 0 saturated heterocycles. The van der Waals surface area contributed by atoms with Crippen LogP contribution in [0.2, 0.25) is 0 Å². The number of thioether (sulfide) groups is 2. The van der Waals surface area contributed by atoms with Gasteiger partial charge < -0.3 is 5.32 Å². The van der Waals surface area contributed by atoms with Crippen LogP contribution in [0.5, 0.6) is 0 Å². The predicted molar refractivity (Wildman–Crippen MR) is 83.2 cm³/mol. The minimum atomic E-state index is -0.0967. The number of benzene rings is 1. The highest BCUT2D eigenvalue weighted by Gasteiger charge is 2.07. The minimum Gasteiger partial charge on any atom is -0.346 e. The maximum Gasteiger partial charge on any atom is 0.251 e. The van der Waals surface area contributed by atoms with Crippen molar-refractivity contribution in [3.8, 4) is 0 Å². The maximum atomic E-state index is 12.0. The van der Waals surface area contributed by atoms with Crippen molar-refractivity contribution in [3.63, 3.8) is 0 Å². The van der Waals surface area contributed by atoms with Crippen molar-refractivity contribution in [2.75, 3.05) is 12.5 Å². The number of aromatic nitrogens is 2. The monoisotopic (exact) mass is 305 g/mol. The van der Waals surface area contributed by atoms with E-state index < -0.39 is 0 Å². The summed E-state index contributed by atoms with van der Waals surface area (Å²) in [6, 6.07) is 11.0. The average Bonchev–Trinajstić information content (AvgIpc) is 2.53. The number of rotatable bonds is 5. The molecule has 0 aliphatic heterocycles. The Labute approximate surface area is 126 Å². The molecule has 0 fully saturated rings. The Balaban J connectivity index is 2.05. The van der Waals surface area contributed by atoms with E-state index in [4.69, 9.17) is 0 Å². The lowest BCUT2D eigenvalue weighted by molar-refractivity contribution is 0.0950. The summed E-state index contributed by atoms with van der Waals surface area (Å²) in [5, 5.41) is 4.50. The fraction of sp³-hybridized carbons (Fsp3) is 0.214. The Kier molecular flexibility index (Phi) is 5.43. The largest absolute Gasteiger partial charge is 0.346 e. The van der Waals surface area contributed by atoms with Crippen molar-refractivity contribution in [2.24, 2.45) is 0 Å². The van der Waals surface area contributed by atoms with Crippen LogP contribution in [0.25, 0.3) is 0 Å². The Bertz CT molecular complexity index is 568. The molecule has 1 N–H and O–H groups in total. The van der Waals surface area contributed by atoms with E-state index in [0.29, 0.717) is 12.1 Å². The van der Waals surface area contributed by atoms with Crippen LogP contribution in [0.1, 0.15) is 16.1 Å². The van der Waals surface area contributed by atoms with Crippen LogP contribution in [-0.4, -0.2) is 28.4 Å². The summed E-state index contributed by atoms with van der Waals surface area (Å²) in [5.74, 6) is -0.0967. The number of carbonyl (C=O) groups is 1. The van der Waals surface area contributed by atoms with Crippen LogP contribution >= 0.6 is 23.5 Å². The highest BCUT2D eigenvalue weighted by atomic mass is 32.2. The van der Waals surface area contributed by atoms with Gasteiger partial charge in [0.2, 0.25) is 0 Å². The highest BCUT2D eigenvalue weighted by molar-refractivity contribution is 7.99. The van der Waals surface area contributed by atoms with Crippen molar-refractivity contribution in [1.29, 1.82) is 0 Å². The molecule has 0 bridgehead atoms. The molecule has 1 heterocycles. The standard InChI is InChI=1S/C14H15N3OS2/c1-19-12-8-11(16-14(17-12)20-2)9-15-13(18)10-6-4-3-5-7-10/h3-8H,9H2,1-2H3,(H,15,18). The number of carbonyl (C=O) groups excluding carboxylic acids is 1. The van der Waals surface area contributed by atoms with Crippen molar-refractivity contribution >= 4 is 29.4 Å². The smallest absolute Gasteiger partial charge is 0.251 e. The molecule has 2 aromatic rings. The predicted octanol–water partition coefficient (Wildman–Crippen LogP) is 2.85. The van der Waals surface area contributed by atoms with Crippen molar-refractivity contribution < 1.29 is 4.79 Å². The van der Waals surface area contributed by atoms with Gasteiger partial charge in [0.05, 0.1) is 12.2 Å². The normalized spacial score (nSPS) is 10.3. The molecule has 20 heavy (non-hydrogen) atoms. The molecule has 1 aromatic heterocycles. The number of hydrogen-bond donors (Lipinski definition) is 1. The van der Waals surface area contributed by atoms with Gasteiger partial charge >= 0.3 is 0 Å². The summed E-state index contributed by atoms with van der Waals surface area (Å²) in [6.07, 6.45) is 3.91. The van der Waals surface area contributed by atoms with Gasteiger partial charge in [-0.25, -0.2) is 9.97 Å². The van der Waals surface area contributed by atoms with Gasteiger partial charge in [-0.2, -0.15) is 0 Å². The van der Waals surface area contributed by atoms with Crippen LogP contribution < -0.4 is 5.32 Å². The topological polar surface area (TPSA) is 54.9 Å². The van der Waals surface area contributed by atoms with Gasteiger partial charge in [-0.05, 0) is 30.7 Å². The first kappa shape index (κ1) is 14.9. The van der Waals surface area contributed by atoms with Gasteiger partial charge in [0.25, 0.3) is 5.91 Å². The highest BCUT2D eigenvalue weighted by Crippen LogP contribution is 2.17. The van der Waals surface area contributed by atoms with Crippen molar-refractivity contribution in [2.45, 2.75) is 16.7 Å². The molecule has 0 radical (unpaired) electrons. The number of nitrogens with zero attached hydrogens (tertiary/aromatic N) is 2. The lowest BCUT2D eigenvalue weighted by Crippen LogP contribution is -2.23. The van der Waals surface area contributed by atoms with E-state index >= 15 is 0 Å². The van der Waals surface area contributed by atoms with E-state index in [1.54, 1.807) is 23.9 Å². The molecule has 6 heteroatoms.